The maximum absolute atomic E-state index is 10.6. The molecule has 0 saturated heterocycles. The molecule has 0 radical (unpaired) electrons. The van der Waals surface area contributed by atoms with Crippen LogP contribution >= 0.6 is 31.9 Å². The number of rotatable bonds is 6. The zero-order valence-corrected chi connectivity index (χ0v) is 11.9. The van der Waals surface area contributed by atoms with E-state index in [2.05, 4.69) is 38.4 Å². The van der Waals surface area contributed by atoms with Gasteiger partial charge in [-0.3, -0.25) is 4.79 Å². The number of halogens is 2. The number of allylic oxidation sites excluding steroid dienone is 1. The Morgan fingerprint density at radius 3 is 2.44 bits per heavy atom. The minimum absolute atomic E-state index is 0.609. The Labute approximate surface area is 112 Å². The van der Waals surface area contributed by atoms with Crippen LogP contribution < -0.4 is 4.74 Å². The third kappa shape index (κ3) is 3.76. The van der Waals surface area contributed by atoms with Crippen LogP contribution in [0.3, 0.4) is 0 Å². The van der Waals surface area contributed by atoms with Gasteiger partial charge in [-0.2, -0.15) is 0 Å². The Morgan fingerprint density at radius 2 is 1.94 bits per heavy atom. The largest absolute Gasteiger partial charge is 0.491 e. The molecule has 0 bridgehead atoms. The van der Waals surface area contributed by atoms with Gasteiger partial charge in [-0.25, -0.2) is 0 Å². The highest BCUT2D eigenvalue weighted by molar-refractivity contribution is 9.11. The summed E-state index contributed by atoms with van der Waals surface area (Å²) < 4.78 is 7.17. The van der Waals surface area contributed by atoms with Crippen LogP contribution in [-0.2, 0) is 0 Å². The number of carbonyl (C=O) groups excluding carboxylic acids is 1. The summed E-state index contributed by atoms with van der Waals surface area (Å²) in [4.78, 5) is 10.6. The molecule has 0 amide bonds. The van der Waals surface area contributed by atoms with Crippen LogP contribution in [0.15, 0.2) is 33.7 Å². The van der Waals surface area contributed by atoms with Crippen LogP contribution in [0.4, 0.5) is 0 Å². The monoisotopic (exact) mass is 346 g/mol. The van der Waals surface area contributed by atoms with Gasteiger partial charge in [0.1, 0.15) is 12.0 Å². The van der Waals surface area contributed by atoms with Crippen molar-refractivity contribution in [2.45, 2.75) is 12.8 Å². The predicted octanol–water partition coefficient (Wildman–Crippen LogP) is 4.37. The molecule has 0 atom stereocenters. The maximum Gasteiger partial charge on any atom is 0.150 e. The first-order valence-corrected chi connectivity index (χ1v) is 6.45. The van der Waals surface area contributed by atoms with Crippen molar-refractivity contribution in [3.05, 3.63) is 39.3 Å². The molecular weight excluding hydrogens is 336 g/mol. The van der Waals surface area contributed by atoms with Gasteiger partial charge in [0.05, 0.1) is 15.6 Å². The van der Waals surface area contributed by atoms with Crippen molar-refractivity contribution in [1.29, 1.82) is 0 Å². The second-order valence-electron chi connectivity index (χ2n) is 3.21. The van der Waals surface area contributed by atoms with Crippen LogP contribution in [-0.4, -0.2) is 12.9 Å². The van der Waals surface area contributed by atoms with Crippen molar-refractivity contribution in [2.24, 2.45) is 0 Å². The summed E-state index contributed by atoms with van der Waals surface area (Å²) in [6.45, 7) is 4.28. The highest BCUT2D eigenvalue weighted by atomic mass is 79.9. The molecular formula is C12H12Br2O2. The lowest BCUT2D eigenvalue weighted by Crippen LogP contribution is -1.98. The highest BCUT2D eigenvalue weighted by Gasteiger charge is 2.08. The Morgan fingerprint density at radius 1 is 1.31 bits per heavy atom. The molecule has 1 aromatic carbocycles. The smallest absolute Gasteiger partial charge is 0.150 e. The lowest BCUT2D eigenvalue weighted by Gasteiger charge is -2.10. The van der Waals surface area contributed by atoms with Gasteiger partial charge in [-0.05, 0) is 56.8 Å². The molecule has 0 aliphatic heterocycles. The van der Waals surface area contributed by atoms with Gasteiger partial charge in [0.15, 0.2) is 0 Å². The van der Waals surface area contributed by atoms with E-state index in [-0.39, 0.29) is 0 Å². The van der Waals surface area contributed by atoms with E-state index in [4.69, 9.17) is 4.74 Å². The summed E-state index contributed by atoms with van der Waals surface area (Å²) in [6, 6.07) is 3.47. The Hall–Kier alpha value is -0.610. The van der Waals surface area contributed by atoms with E-state index in [1.807, 2.05) is 6.08 Å². The molecule has 0 aliphatic rings. The number of unbranched alkanes of at least 4 members (excludes halogenated alkanes) is 1. The number of aldehydes is 1. The van der Waals surface area contributed by atoms with Gasteiger partial charge < -0.3 is 4.74 Å². The first-order valence-electron chi connectivity index (χ1n) is 4.87. The van der Waals surface area contributed by atoms with E-state index in [1.165, 1.54) is 0 Å². The third-order valence-corrected chi connectivity index (χ3v) is 3.13. The standard InChI is InChI=1S/C12H12Br2O2/c1-2-3-4-5-16-12-10(13)6-9(8-15)7-11(12)14/h2,6-8H,1,3-5H2. The number of hydrogen-bond acceptors (Lipinski definition) is 2. The highest BCUT2D eigenvalue weighted by Crippen LogP contribution is 2.34. The molecule has 16 heavy (non-hydrogen) atoms. The van der Waals surface area contributed by atoms with Crippen molar-refractivity contribution in [3.8, 4) is 5.75 Å². The van der Waals surface area contributed by atoms with Crippen molar-refractivity contribution >= 4 is 38.1 Å². The van der Waals surface area contributed by atoms with Gasteiger partial charge >= 0.3 is 0 Å². The average molecular weight is 348 g/mol. The van der Waals surface area contributed by atoms with E-state index in [0.29, 0.717) is 12.2 Å². The van der Waals surface area contributed by atoms with Gasteiger partial charge in [0.2, 0.25) is 0 Å². The van der Waals surface area contributed by atoms with Crippen LogP contribution in [0, 0.1) is 0 Å². The molecule has 1 aromatic rings. The molecule has 2 nitrogen and oxygen atoms in total. The zero-order chi connectivity index (χ0) is 12.0. The Kier molecular flexibility index (Phi) is 5.77. The SMILES string of the molecule is C=CCCCOc1c(Br)cc(C=O)cc1Br. The first kappa shape index (κ1) is 13.5. The fraction of sp³-hybridized carbons (Fsp3) is 0.250. The van der Waals surface area contributed by atoms with E-state index >= 15 is 0 Å². The average Bonchev–Trinajstić information content (AvgIpc) is 2.26. The van der Waals surface area contributed by atoms with Crippen molar-refractivity contribution in [2.75, 3.05) is 6.61 Å². The summed E-state index contributed by atoms with van der Waals surface area (Å²) >= 11 is 6.75. The molecule has 0 aromatic heterocycles. The lowest BCUT2D eigenvalue weighted by molar-refractivity contribution is 0.112. The van der Waals surface area contributed by atoms with Gasteiger partial charge in [-0.1, -0.05) is 6.08 Å². The van der Waals surface area contributed by atoms with E-state index < -0.39 is 0 Å². The number of carbonyl (C=O) groups is 1. The van der Waals surface area contributed by atoms with E-state index in [1.54, 1.807) is 12.1 Å². The summed E-state index contributed by atoms with van der Waals surface area (Å²) in [6.07, 6.45) is 4.53. The molecule has 4 heteroatoms. The summed E-state index contributed by atoms with van der Waals surface area (Å²) in [5.74, 6) is 0.731. The molecule has 0 N–H and O–H groups in total. The lowest BCUT2D eigenvalue weighted by atomic mass is 10.2. The molecule has 0 fully saturated rings. The van der Waals surface area contributed by atoms with Gasteiger partial charge in [0, 0.05) is 5.56 Å². The third-order valence-electron chi connectivity index (χ3n) is 1.96. The molecule has 86 valence electrons. The molecule has 0 heterocycles. The fourth-order valence-electron chi connectivity index (χ4n) is 1.19. The van der Waals surface area contributed by atoms with Crippen molar-refractivity contribution in [1.82, 2.24) is 0 Å². The number of hydrogen-bond donors (Lipinski definition) is 0. The minimum Gasteiger partial charge on any atom is -0.491 e. The summed E-state index contributed by atoms with van der Waals surface area (Å²) in [5.41, 5.74) is 0.609. The van der Waals surface area contributed by atoms with E-state index in [9.17, 15) is 4.79 Å². The zero-order valence-electron chi connectivity index (χ0n) is 8.71. The summed E-state index contributed by atoms with van der Waals surface area (Å²) in [7, 11) is 0. The second-order valence-corrected chi connectivity index (χ2v) is 4.92. The Balaban J connectivity index is 2.72. The number of ether oxygens (including phenoxy) is 1. The first-order chi connectivity index (χ1) is 7.69. The maximum atomic E-state index is 10.6. The molecule has 0 spiro atoms. The molecule has 0 aliphatic carbocycles. The van der Waals surface area contributed by atoms with Gasteiger partial charge in [0.25, 0.3) is 0 Å². The van der Waals surface area contributed by atoms with Crippen molar-refractivity contribution in [3.63, 3.8) is 0 Å². The van der Waals surface area contributed by atoms with Crippen LogP contribution in [0.5, 0.6) is 5.75 Å². The fourth-order valence-corrected chi connectivity index (χ4v) is 2.64. The normalized spacial score (nSPS) is 9.88. The molecule has 1 rings (SSSR count). The van der Waals surface area contributed by atoms with Crippen molar-refractivity contribution < 1.29 is 9.53 Å². The molecule has 0 unspecified atom stereocenters. The number of benzene rings is 1. The molecule has 0 saturated carbocycles. The second kappa shape index (κ2) is 6.86. The van der Waals surface area contributed by atoms with E-state index in [0.717, 1.165) is 33.8 Å². The minimum atomic E-state index is 0.609. The quantitative estimate of drug-likeness (QED) is 0.434. The Bertz CT molecular complexity index is 366. The predicted molar refractivity (Wildman–Crippen MR) is 72.2 cm³/mol. The summed E-state index contributed by atoms with van der Waals surface area (Å²) in [5, 5.41) is 0. The van der Waals surface area contributed by atoms with Crippen LogP contribution in [0.2, 0.25) is 0 Å². The topological polar surface area (TPSA) is 26.3 Å². The van der Waals surface area contributed by atoms with Crippen LogP contribution in [0.25, 0.3) is 0 Å². The van der Waals surface area contributed by atoms with Crippen LogP contribution in [0.1, 0.15) is 23.2 Å². The van der Waals surface area contributed by atoms with Gasteiger partial charge in [-0.15, -0.1) is 6.58 Å².